The zero-order valence-corrected chi connectivity index (χ0v) is 9.54. The molecule has 2 atom stereocenters. The second-order valence-corrected chi connectivity index (χ2v) is 5.12. The van der Waals surface area contributed by atoms with Gasteiger partial charge < -0.3 is 5.11 Å². The van der Waals surface area contributed by atoms with Crippen LogP contribution in [0, 0.1) is 16.7 Å². The third-order valence-electron chi connectivity index (χ3n) is 3.61. The molecular formula is C11H20N2O. The number of aliphatic hydroxyl groups excluding tert-OH is 1. The molecule has 0 radical (unpaired) electrons. The van der Waals surface area contributed by atoms with E-state index in [-0.39, 0.29) is 5.54 Å². The molecule has 80 valence electrons. The molecular weight excluding hydrogens is 176 g/mol. The van der Waals surface area contributed by atoms with Crippen LogP contribution in [0.15, 0.2) is 0 Å². The van der Waals surface area contributed by atoms with Crippen LogP contribution in [0.25, 0.3) is 0 Å². The van der Waals surface area contributed by atoms with Crippen LogP contribution in [0.4, 0.5) is 0 Å². The lowest BCUT2D eigenvalue weighted by atomic mass is 9.76. The highest BCUT2D eigenvalue weighted by Gasteiger charge is 2.47. The molecule has 0 bridgehead atoms. The minimum absolute atomic E-state index is 0.237. The first-order valence-corrected chi connectivity index (χ1v) is 5.15. The van der Waals surface area contributed by atoms with Gasteiger partial charge in [0.1, 0.15) is 0 Å². The molecule has 1 saturated heterocycles. The Morgan fingerprint density at radius 3 is 2.50 bits per heavy atom. The second-order valence-electron chi connectivity index (χ2n) is 5.12. The van der Waals surface area contributed by atoms with Crippen LogP contribution in [0.1, 0.15) is 33.6 Å². The SMILES string of the molecule is CN1CCCC1(C)C(O)C(C)(C)C#N. The molecule has 0 amide bonds. The summed E-state index contributed by atoms with van der Waals surface area (Å²) in [5, 5.41) is 19.2. The van der Waals surface area contributed by atoms with E-state index in [0.717, 1.165) is 19.4 Å². The Balaban J connectivity index is 2.88. The average molecular weight is 196 g/mol. The fraction of sp³-hybridized carbons (Fsp3) is 0.909. The number of likely N-dealkylation sites (tertiary alicyclic amines) is 1. The molecule has 0 spiro atoms. The lowest BCUT2D eigenvalue weighted by molar-refractivity contribution is -0.0356. The van der Waals surface area contributed by atoms with E-state index in [1.165, 1.54) is 0 Å². The van der Waals surface area contributed by atoms with Crippen LogP contribution < -0.4 is 0 Å². The number of hydrogen-bond donors (Lipinski definition) is 1. The van der Waals surface area contributed by atoms with Gasteiger partial charge in [0, 0.05) is 5.54 Å². The number of hydrogen-bond acceptors (Lipinski definition) is 3. The zero-order chi connectivity index (χ0) is 11.0. The van der Waals surface area contributed by atoms with Gasteiger partial charge in [-0.15, -0.1) is 0 Å². The Bertz CT molecular complexity index is 257. The molecule has 0 saturated carbocycles. The van der Waals surface area contributed by atoms with Crippen molar-refractivity contribution in [2.24, 2.45) is 5.41 Å². The molecule has 2 unspecified atom stereocenters. The summed E-state index contributed by atoms with van der Waals surface area (Å²) in [4.78, 5) is 2.16. The Morgan fingerprint density at radius 1 is 1.57 bits per heavy atom. The highest BCUT2D eigenvalue weighted by molar-refractivity contribution is 5.08. The predicted octanol–water partition coefficient (Wildman–Crippen LogP) is 1.38. The van der Waals surface area contributed by atoms with Crippen LogP contribution >= 0.6 is 0 Å². The van der Waals surface area contributed by atoms with Crippen molar-refractivity contribution in [3.05, 3.63) is 0 Å². The number of nitrogens with zero attached hydrogens (tertiary/aromatic N) is 2. The maximum atomic E-state index is 10.2. The van der Waals surface area contributed by atoms with Gasteiger partial charge in [-0.3, -0.25) is 4.90 Å². The minimum Gasteiger partial charge on any atom is -0.390 e. The first kappa shape index (κ1) is 11.5. The molecule has 3 nitrogen and oxygen atoms in total. The number of rotatable bonds is 2. The topological polar surface area (TPSA) is 47.3 Å². The highest BCUT2D eigenvalue weighted by Crippen LogP contribution is 2.38. The predicted molar refractivity (Wildman–Crippen MR) is 55.7 cm³/mol. The number of nitriles is 1. The largest absolute Gasteiger partial charge is 0.390 e. The van der Waals surface area contributed by atoms with Gasteiger partial charge in [-0.05, 0) is 47.2 Å². The second kappa shape index (κ2) is 3.52. The van der Waals surface area contributed by atoms with Crippen LogP contribution in [-0.4, -0.2) is 35.2 Å². The van der Waals surface area contributed by atoms with Crippen molar-refractivity contribution in [2.45, 2.75) is 45.3 Å². The molecule has 0 aromatic rings. The van der Waals surface area contributed by atoms with Gasteiger partial charge in [0.2, 0.25) is 0 Å². The highest BCUT2D eigenvalue weighted by atomic mass is 16.3. The van der Waals surface area contributed by atoms with E-state index in [9.17, 15) is 5.11 Å². The lowest BCUT2D eigenvalue weighted by Crippen LogP contribution is -2.54. The summed E-state index contributed by atoms with van der Waals surface area (Å²) in [6, 6.07) is 2.19. The summed E-state index contributed by atoms with van der Waals surface area (Å²) in [5.74, 6) is 0. The van der Waals surface area contributed by atoms with Crippen molar-refractivity contribution in [3.8, 4) is 6.07 Å². The van der Waals surface area contributed by atoms with E-state index in [2.05, 4.69) is 11.0 Å². The van der Waals surface area contributed by atoms with E-state index in [1.807, 2.05) is 14.0 Å². The van der Waals surface area contributed by atoms with Crippen molar-refractivity contribution in [1.82, 2.24) is 4.90 Å². The van der Waals surface area contributed by atoms with Gasteiger partial charge in [0.25, 0.3) is 0 Å². The molecule has 0 aliphatic carbocycles. The van der Waals surface area contributed by atoms with Gasteiger partial charge in [-0.1, -0.05) is 0 Å². The Labute approximate surface area is 86.3 Å². The van der Waals surface area contributed by atoms with E-state index in [1.54, 1.807) is 13.8 Å². The van der Waals surface area contributed by atoms with Crippen LogP contribution in [-0.2, 0) is 0 Å². The molecule has 1 aliphatic rings. The van der Waals surface area contributed by atoms with Crippen molar-refractivity contribution in [3.63, 3.8) is 0 Å². The number of aliphatic hydroxyl groups is 1. The maximum absolute atomic E-state index is 10.2. The monoisotopic (exact) mass is 196 g/mol. The summed E-state index contributed by atoms with van der Waals surface area (Å²) in [5.41, 5.74) is -0.910. The summed E-state index contributed by atoms with van der Waals surface area (Å²) in [6.07, 6.45) is 1.48. The van der Waals surface area contributed by atoms with Crippen molar-refractivity contribution < 1.29 is 5.11 Å². The zero-order valence-electron chi connectivity index (χ0n) is 9.54. The summed E-state index contributed by atoms with van der Waals surface area (Å²) < 4.78 is 0. The quantitative estimate of drug-likeness (QED) is 0.726. The maximum Gasteiger partial charge on any atom is 0.0901 e. The van der Waals surface area contributed by atoms with Gasteiger partial charge in [0.15, 0.2) is 0 Å². The first-order valence-electron chi connectivity index (χ1n) is 5.15. The van der Waals surface area contributed by atoms with Crippen molar-refractivity contribution >= 4 is 0 Å². The lowest BCUT2D eigenvalue weighted by Gasteiger charge is -2.41. The smallest absolute Gasteiger partial charge is 0.0901 e. The van der Waals surface area contributed by atoms with Crippen molar-refractivity contribution in [2.75, 3.05) is 13.6 Å². The molecule has 0 aromatic heterocycles. The fourth-order valence-corrected chi connectivity index (χ4v) is 2.30. The Hall–Kier alpha value is -0.590. The Kier molecular flexibility index (Phi) is 2.89. The van der Waals surface area contributed by atoms with Gasteiger partial charge in [-0.25, -0.2) is 0 Å². The van der Waals surface area contributed by atoms with Gasteiger partial charge in [-0.2, -0.15) is 5.26 Å². The van der Waals surface area contributed by atoms with E-state index >= 15 is 0 Å². The normalized spacial score (nSPS) is 31.4. The fourth-order valence-electron chi connectivity index (χ4n) is 2.30. The van der Waals surface area contributed by atoms with E-state index in [4.69, 9.17) is 5.26 Å². The molecule has 14 heavy (non-hydrogen) atoms. The Morgan fingerprint density at radius 2 is 2.14 bits per heavy atom. The van der Waals surface area contributed by atoms with Gasteiger partial charge >= 0.3 is 0 Å². The number of likely N-dealkylation sites (N-methyl/N-ethyl adjacent to an activating group) is 1. The van der Waals surface area contributed by atoms with E-state index < -0.39 is 11.5 Å². The molecule has 1 rings (SSSR count). The molecule has 1 fully saturated rings. The molecule has 1 aliphatic heterocycles. The van der Waals surface area contributed by atoms with Crippen molar-refractivity contribution in [1.29, 1.82) is 5.26 Å². The third-order valence-corrected chi connectivity index (χ3v) is 3.61. The minimum atomic E-state index is -0.673. The molecule has 1 heterocycles. The van der Waals surface area contributed by atoms with Crippen LogP contribution in [0.5, 0.6) is 0 Å². The molecule has 0 aromatic carbocycles. The first-order chi connectivity index (χ1) is 6.34. The average Bonchev–Trinajstić information content (AvgIpc) is 2.47. The summed E-state index contributed by atoms with van der Waals surface area (Å²) in [7, 11) is 2.02. The molecule has 1 N–H and O–H groups in total. The third kappa shape index (κ3) is 1.65. The van der Waals surface area contributed by atoms with Crippen LogP contribution in [0.2, 0.25) is 0 Å². The standard InChI is InChI=1S/C11H20N2O/c1-10(2,8-12)9(14)11(3)6-5-7-13(11)4/h9,14H,5-7H2,1-4H3. The van der Waals surface area contributed by atoms with Gasteiger partial charge in [0.05, 0.1) is 17.6 Å². The van der Waals surface area contributed by atoms with E-state index in [0.29, 0.717) is 0 Å². The summed E-state index contributed by atoms with van der Waals surface area (Å²) >= 11 is 0. The van der Waals surface area contributed by atoms with Crippen LogP contribution in [0.3, 0.4) is 0 Å². The molecule has 3 heteroatoms. The summed E-state index contributed by atoms with van der Waals surface area (Å²) in [6.45, 7) is 6.66.